The summed E-state index contributed by atoms with van der Waals surface area (Å²) in [4.78, 5) is 43.3. The van der Waals surface area contributed by atoms with Crippen LogP contribution in [0.2, 0.25) is 0 Å². The minimum absolute atomic E-state index is 0.165. The number of nitrogens with zero attached hydrogens (tertiary/aromatic N) is 3. The summed E-state index contributed by atoms with van der Waals surface area (Å²) in [5.41, 5.74) is 3.29. The van der Waals surface area contributed by atoms with E-state index in [2.05, 4.69) is 28.9 Å². The first-order chi connectivity index (χ1) is 15.5. The second-order valence-corrected chi connectivity index (χ2v) is 7.80. The van der Waals surface area contributed by atoms with Crippen molar-refractivity contribution in [2.45, 2.75) is 6.92 Å². The first-order valence-corrected chi connectivity index (χ1v) is 10.6. The Balaban J connectivity index is 1.63. The van der Waals surface area contributed by atoms with Gasteiger partial charge in [-0.25, -0.2) is 0 Å². The molecule has 2 heterocycles. The molecule has 0 radical (unpaired) electrons. The summed E-state index contributed by atoms with van der Waals surface area (Å²) in [5, 5.41) is 2.72. The second kappa shape index (κ2) is 9.09. The summed E-state index contributed by atoms with van der Waals surface area (Å²) in [6, 6.07) is 17.2. The standard InChI is InChI=1S/C25H26N4O3/c1-3-13-29-24(31)22(19-9-11-20(12-10-19)26-18(2)30)23(25(29)32)28-16-14-27(15-17-28)21-7-5-4-6-8-21/h3-12H,1,13-17H2,2H3,(H,26,30). The number of anilines is 2. The fourth-order valence-electron chi connectivity index (χ4n) is 4.16. The van der Waals surface area contributed by atoms with Crippen LogP contribution in [0.5, 0.6) is 0 Å². The third kappa shape index (κ3) is 4.14. The Morgan fingerprint density at radius 2 is 1.56 bits per heavy atom. The smallest absolute Gasteiger partial charge is 0.278 e. The Morgan fingerprint density at radius 3 is 2.16 bits per heavy atom. The first-order valence-electron chi connectivity index (χ1n) is 10.6. The molecule has 1 N–H and O–H groups in total. The van der Waals surface area contributed by atoms with Crippen molar-refractivity contribution in [1.29, 1.82) is 0 Å². The van der Waals surface area contributed by atoms with Gasteiger partial charge in [0.15, 0.2) is 0 Å². The molecular formula is C25H26N4O3. The van der Waals surface area contributed by atoms with E-state index in [0.717, 1.165) is 18.8 Å². The zero-order valence-corrected chi connectivity index (χ0v) is 18.1. The minimum atomic E-state index is -0.317. The molecule has 164 valence electrons. The van der Waals surface area contributed by atoms with E-state index in [0.29, 0.717) is 35.6 Å². The van der Waals surface area contributed by atoms with Crippen LogP contribution in [0.1, 0.15) is 12.5 Å². The molecule has 2 aromatic carbocycles. The number of piperazine rings is 1. The number of hydrogen-bond acceptors (Lipinski definition) is 5. The molecule has 4 rings (SSSR count). The lowest BCUT2D eigenvalue weighted by Crippen LogP contribution is -2.47. The lowest BCUT2D eigenvalue weighted by molar-refractivity contribution is -0.137. The van der Waals surface area contributed by atoms with Crippen molar-refractivity contribution in [2.75, 3.05) is 42.9 Å². The molecule has 7 heteroatoms. The maximum absolute atomic E-state index is 13.2. The van der Waals surface area contributed by atoms with E-state index in [-0.39, 0.29) is 24.3 Å². The van der Waals surface area contributed by atoms with Gasteiger partial charge in [-0.15, -0.1) is 6.58 Å². The van der Waals surface area contributed by atoms with Gasteiger partial charge in [-0.05, 0) is 29.8 Å². The van der Waals surface area contributed by atoms with Gasteiger partial charge in [-0.2, -0.15) is 0 Å². The van der Waals surface area contributed by atoms with E-state index < -0.39 is 0 Å². The number of carbonyl (C=O) groups is 3. The third-order valence-corrected chi connectivity index (χ3v) is 5.67. The number of imide groups is 1. The highest BCUT2D eigenvalue weighted by Gasteiger charge is 2.41. The average Bonchev–Trinajstić information content (AvgIpc) is 3.05. The zero-order valence-electron chi connectivity index (χ0n) is 18.1. The molecule has 1 saturated heterocycles. The van der Waals surface area contributed by atoms with Gasteiger partial charge in [0.2, 0.25) is 5.91 Å². The molecule has 2 aromatic rings. The molecule has 0 spiro atoms. The maximum atomic E-state index is 13.2. The molecule has 32 heavy (non-hydrogen) atoms. The number of benzene rings is 2. The molecular weight excluding hydrogens is 404 g/mol. The van der Waals surface area contributed by atoms with Gasteiger partial charge in [0.25, 0.3) is 11.8 Å². The van der Waals surface area contributed by atoms with Crippen molar-refractivity contribution in [3.63, 3.8) is 0 Å². The SMILES string of the molecule is C=CCN1C(=O)C(c2ccc(NC(C)=O)cc2)=C(N2CCN(c3ccccc3)CC2)C1=O. The van der Waals surface area contributed by atoms with Gasteiger partial charge < -0.3 is 15.1 Å². The maximum Gasteiger partial charge on any atom is 0.278 e. The molecule has 7 nitrogen and oxygen atoms in total. The molecule has 0 aromatic heterocycles. The van der Waals surface area contributed by atoms with Crippen LogP contribution in [0.4, 0.5) is 11.4 Å². The van der Waals surface area contributed by atoms with E-state index in [1.165, 1.54) is 11.8 Å². The van der Waals surface area contributed by atoms with Gasteiger partial charge in [0.1, 0.15) is 5.70 Å². The summed E-state index contributed by atoms with van der Waals surface area (Å²) in [6.07, 6.45) is 1.56. The number of amides is 3. The van der Waals surface area contributed by atoms with Crippen molar-refractivity contribution >= 4 is 34.7 Å². The average molecular weight is 431 g/mol. The van der Waals surface area contributed by atoms with Crippen LogP contribution in [0.3, 0.4) is 0 Å². The second-order valence-electron chi connectivity index (χ2n) is 7.80. The lowest BCUT2D eigenvalue weighted by Gasteiger charge is -2.37. The predicted molar refractivity (Wildman–Crippen MR) is 125 cm³/mol. The molecule has 0 saturated carbocycles. The van der Waals surface area contributed by atoms with E-state index >= 15 is 0 Å². The zero-order chi connectivity index (χ0) is 22.7. The molecule has 0 atom stereocenters. The summed E-state index contributed by atoms with van der Waals surface area (Å²) >= 11 is 0. The van der Waals surface area contributed by atoms with Crippen LogP contribution in [0.25, 0.3) is 5.57 Å². The highest BCUT2D eigenvalue weighted by molar-refractivity contribution is 6.35. The monoisotopic (exact) mass is 430 g/mol. The van der Waals surface area contributed by atoms with Gasteiger partial charge in [-0.3, -0.25) is 19.3 Å². The lowest BCUT2D eigenvalue weighted by atomic mass is 10.0. The van der Waals surface area contributed by atoms with E-state index in [1.807, 2.05) is 23.1 Å². The molecule has 0 bridgehead atoms. The molecule has 0 aliphatic carbocycles. The largest absolute Gasteiger partial charge is 0.368 e. The number of para-hydroxylation sites is 1. The summed E-state index contributed by atoms with van der Waals surface area (Å²) in [6.45, 7) is 8.08. The van der Waals surface area contributed by atoms with Crippen LogP contribution in [0.15, 0.2) is 72.9 Å². The van der Waals surface area contributed by atoms with E-state index in [9.17, 15) is 14.4 Å². The fraction of sp³-hybridized carbons (Fsp3) is 0.240. The Hall–Kier alpha value is -3.87. The van der Waals surface area contributed by atoms with Gasteiger partial charge >= 0.3 is 0 Å². The van der Waals surface area contributed by atoms with Gasteiger partial charge in [-0.1, -0.05) is 36.4 Å². The van der Waals surface area contributed by atoms with Crippen molar-refractivity contribution in [2.24, 2.45) is 0 Å². The molecule has 3 amide bonds. The highest BCUT2D eigenvalue weighted by atomic mass is 16.2. The topological polar surface area (TPSA) is 73.0 Å². The van der Waals surface area contributed by atoms with Crippen LogP contribution in [-0.4, -0.2) is 60.2 Å². The molecule has 2 aliphatic rings. The molecule has 2 aliphatic heterocycles. The quantitative estimate of drug-likeness (QED) is 0.564. The summed E-state index contributed by atoms with van der Waals surface area (Å²) in [5.74, 6) is -0.773. The summed E-state index contributed by atoms with van der Waals surface area (Å²) in [7, 11) is 0. The normalized spacial score (nSPS) is 16.6. The number of nitrogens with one attached hydrogen (secondary N) is 1. The van der Waals surface area contributed by atoms with E-state index in [1.54, 1.807) is 30.3 Å². The van der Waals surface area contributed by atoms with Crippen molar-refractivity contribution in [3.05, 3.63) is 78.5 Å². The van der Waals surface area contributed by atoms with Crippen LogP contribution >= 0.6 is 0 Å². The minimum Gasteiger partial charge on any atom is -0.368 e. The molecule has 0 unspecified atom stereocenters. The van der Waals surface area contributed by atoms with Gasteiger partial charge in [0.05, 0.1) is 5.57 Å². The number of carbonyl (C=O) groups excluding carboxylic acids is 3. The number of rotatable bonds is 6. The predicted octanol–water partition coefficient (Wildman–Crippen LogP) is 2.73. The Kier molecular flexibility index (Phi) is 6.07. The van der Waals surface area contributed by atoms with Crippen molar-refractivity contribution < 1.29 is 14.4 Å². The van der Waals surface area contributed by atoms with Crippen LogP contribution in [0, 0.1) is 0 Å². The molecule has 1 fully saturated rings. The Bertz CT molecular complexity index is 1070. The summed E-state index contributed by atoms with van der Waals surface area (Å²) < 4.78 is 0. The third-order valence-electron chi connectivity index (χ3n) is 5.67. The number of hydrogen-bond donors (Lipinski definition) is 1. The fourth-order valence-corrected chi connectivity index (χ4v) is 4.16. The van der Waals surface area contributed by atoms with Crippen molar-refractivity contribution in [3.8, 4) is 0 Å². The van der Waals surface area contributed by atoms with E-state index in [4.69, 9.17) is 0 Å². The van der Waals surface area contributed by atoms with Crippen molar-refractivity contribution in [1.82, 2.24) is 9.80 Å². The highest BCUT2D eigenvalue weighted by Crippen LogP contribution is 2.33. The Labute approximate surface area is 187 Å². The van der Waals surface area contributed by atoms with Gasteiger partial charge in [0, 0.05) is 51.0 Å². The Morgan fingerprint density at radius 1 is 0.938 bits per heavy atom. The van der Waals surface area contributed by atoms with Crippen LogP contribution in [-0.2, 0) is 14.4 Å². The van der Waals surface area contributed by atoms with Crippen LogP contribution < -0.4 is 10.2 Å². The first kappa shape index (κ1) is 21.4.